The second-order valence-corrected chi connectivity index (χ2v) is 11.5. The van der Waals surface area contributed by atoms with Crippen molar-refractivity contribution in [2.24, 2.45) is 0 Å². The van der Waals surface area contributed by atoms with Crippen LogP contribution in [0.4, 0.5) is 10.1 Å². The molecule has 40 heavy (non-hydrogen) atoms. The summed E-state index contributed by atoms with van der Waals surface area (Å²) < 4.78 is 48.5. The van der Waals surface area contributed by atoms with Crippen molar-refractivity contribution in [3.8, 4) is 5.75 Å². The highest BCUT2D eigenvalue weighted by atomic mass is 32.2. The molecule has 214 valence electrons. The van der Waals surface area contributed by atoms with E-state index in [9.17, 15) is 22.4 Å². The summed E-state index contributed by atoms with van der Waals surface area (Å²) in [6, 6.07) is 17.4. The molecule has 0 aliphatic rings. The SMILES string of the molecule is CC[C@H](C)NC(=O)[C@@H](C)N(Cc1ccc(OC)cc1)C(=O)CN(c1ccccc1F)S(=O)(=O)c1ccc(C)cc1. The largest absolute Gasteiger partial charge is 0.497 e. The first-order valence-corrected chi connectivity index (χ1v) is 14.5. The van der Waals surface area contributed by atoms with Crippen molar-refractivity contribution in [2.75, 3.05) is 18.0 Å². The second-order valence-electron chi connectivity index (χ2n) is 9.64. The lowest BCUT2D eigenvalue weighted by atomic mass is 10.1. The summed E-state index contributed by atoms with van der Waals surface area (Å²) in [5, 5.41) is 2.88. The van der Waals surface area contributed by atoms with Crippen LogP contribution in [-0.2, 0) is 26.2 Å². The van der Waals surface area contributed by atoms with E-state index in [2.05, 4.69) is 5.32 Å². The fourth-order valence-corrected chi connectivity index (χ4v) is 5.40. The number of hydrogen-bond donors (Lipinski definition) is 1. The monoisotopic (exact) mass is 569 g/mol. The molecule has 0 heterocycles. The molecule has 0 saturated heterocycles. The van der Waals surface area contributed by atoms with Gasteiger partial charge in [0.05, 0.1) is 17.7 Å². The minimum atomic E-state index is -4.34. The molecule has 0 bridgehead atoms. The molecule has 0 spiro atoms. The van der Waals surface area contributed by atoms with Gasteiger partial charge in [0.15, 0.2) is 0 Å². The second kappa shape index (κ2) is 13.4. The van der Waals surface area contributed by atoms with Gasteiger partial charge >= 0.3 is 0 Å². The number of amides is 2. The Bertz CT molecular complexity index is 1410. The highest BCUT2D eigenvalue weighted by molar-refractivity contribution is 7.92. The van der Waals surface area contributed by atoms with Gasteiger partial charge in [-0.25, -0.2) is 12.8 Å². The summed E-state index contributed by atoms with van der Waals surface area (Å²) in [5.74, 6) is -1.22. The number of carbonyl (C=O) groups excluding carboxylic acids is 2. The molecule has 3 aromatic rings. The number of sulfonamides is 1. The summed E-state index contributed by atoms with van der Waals surface area (Å²) in [4.78, 5) is 28.2. The quantitative estimate of drug-likeness (QED) is 0.342. The molecule has 3 rings (SSSR count). The van der Waals surface area contributed by atoms with Gasteiger partial charge in [-0.15, -0.1) is 0 Å². The van der Waals surface area contributed by atoms with Crippen LogP contribution in [0.1, 0.15) is 38.3 Å². The van der Waals surface area contributed by atoms with E-state index in [1.807, 2.05) is 20.8 Å². The van der Waals surface area contributed by atoms with Crippen molar-refractivity contribution < 1.29 is 27.1 Å². The van der Waals surface area contributed by atoms with Crippen molar-refractivity contribution in [3.63, 3.8) is 0 Å². The Morgan fingerprint density at radius 3 is 2.17 bits per heavy atom. The normalized spacial score (nSPS) is 12.8. The molecule has 0 aliphatic heterocycles. The van der Waals surface area contributed by atoms with Crippen LogP contribution in [0.3, 0.4) is 0 Å². The maximum atomic E-state index is 15.0. The molecule has 0 aromatic heterocycles. The molecule has 1 N–H and O–H groups in total. The number of hydrogen-bond acceptors (Lipinski definition) is 5. The average molecular weight is 570 g/mol. The van der Waals surface area contributed by atoms with Crippen LogP contribution in [-0.4, -0.2) is 50.9 Å². The average Bonchev–Trinajstić information content (AvgIpc) is 2.95. The number of methoxy groups -OCH3 is 1. The first-order valence-electron chi connectivity index (χ1n) is 13.0. The lowest BCUT2D eigenvalue weighted by Crippen LogP contribution is -2.52. The Labute approximate surface area is 235 Å². The lowest BCUT2D eigenvalue weighted by molar-refractivity contribution is -0.139. The van der Waals surface area contributed by atoms with Crippen LogP contribution in [0.25, 0.3) is 0 Å². The van der Waals surface area contributed by atoms with Crippen molar-refractivity contribution in [2.45, 2.75) is 57.6 Å². The number of nitrogens with zero attached hydrogens (tertiary/aromatic N) is 2. The van der Waals surface area contributed by atoms with E-state index in [0.29, 0.717) is 17.7 Å². The van der Waals surface area contributed by atoms with Gasteiger partial charge in [-0.05, 0) is 69.2 Å². The first kappa shape index (κ1) is 30.6. The number of nitrogens with one attached hydrogen (secondary N) is 1. The first-order chi connectivity index (χ1) is 19.0. The summed E-state index contributed by atoms with van der Waals surface area (Å²) in [7, 11) is -2.80. The molecule has 0 fully saturated rings. The Kier molecular flexibility index (Phi) is 10.3. The lowest BCUT2D eigenvalue weighted by Gasteiger charge is -2.32. The van der Waals surface area contributed by atoms with Crippen molar-refractivity contribution in [3.05, 3.63) is 89.7 Å². The van der Waals surface area contributed by atoms with Gasteiger partial charge in [0.1, 0.15) is 24.2 Å². The molecule has 0 unspecified atom stereocenters. The van der Waals surface area contributed by atoms with E-state index in [1.165, 1.54) is 42.3 Å². The zero-order chi connectivity index (χ0) is 29.4. The minimum Gasteiger partial charge on any atom is -0.497 e. The Morgan fingerprint density at radius 2 is 1.60 bits per heavy atom. The summed E-state index contributed by atoms with van der Waals surface area (Å²) >= 11 is 0. The molecule has 0 aliphatic carbocycles. The van der Waals surface area contributed by atoms with Crippen LogP contribution < -0.4 is 14.4 Å². The van der Waals surface area contributed by atoms with E-state index in [-0.39, 0.29) is 29.1 Å². The van der Waals surface area contributed by atoms with E-state index in [4.69, 9.17) is 4.74 Å². The zero-order valence-electron chi connectivity index (χ0n) is 23.4. The van der Waals surface area contributed by atoms with E-state index in [0.717, 1.165) is 15.9 Å². The molecule has 2 atom stereocenters. The van der Waals surface area contributed by atoms with Gasteiger partial charge in [-0.3, -0.25) is 13.9 Å². The number of para-hydroxylation sites is 1. The number of benzene rings is 3. The number of anilines is 1. The van der Waals surface area contributed by atoms with Gasteiger partial charge < -0.3 is 15.0 Å². The third kappa shape index (κ3) is 7.38. The van der Waals surface area contributed by atoms with Crippen molar-refractivity contribution in [1.29, 1.82) is 0 Å². The van der Waals surface area contributed by atoms with Gasteiger partial charge in [-0.1, -0.05) is 48.9 Å². The topological polar surface area (TPSA) is 96.0 Å². The smallest absolute Gasteiger partial charge is 0.264 e. The number of aryl methyl sites for hydroxylation is 1. The molecular weight excluding hydrogens is 533 g/mol. The van der Waals surface area contributed by atoms with Crippen molar-refractivity contribution >= 4 is 27.5 Å². The predicted molar refractivity (Wildman–Crippen MR) is 153 cm³/mol. The third-order valence-corrected chi connectivity index (χ3v) is 8.46. The number of ether oxygens (including phenoxy) is 1. The molecule has 10 heteroatoms. The molecule has 3 aromatic carbocycles. The summed E-state index contributed by atoms with van der Waals surface area (Å²) in [6.07, 6.45) is 0.695. The third-order valence-electron chi connectivity index (χ3n) is 6.69. The van der Waals surface area contributed by atoms with Gasteiger partial charge in [0, 0.05) is 12.6 Å². The Hall–Kier alpha value is -3.92. The molecule has 8 nitrogen and oxygen atoms in total. The van der Waals surface area contributed by atoms with E-state index in [1.54, 1.807) is 43.3 Å². The number of halogens is 1. The van der Waals surface area contributed by atoms with Crippen LogP contribution in [0.2, 0.25) is 0 Å². The van der Waals surface area contributed by atoms with Crippen LogP contribution in [0.5, 0.6) is 5.75 Å². The maximum absolute atomic E-state index is 15.0. The standard InChI is InChI=1S/C30H36FN3O5S/c1-6-22(3)32-30(36)23(4)33(19-24-13-15-25(39-5)16-14-24)29(35)20-34(28-10-8-7-9-27(28)31)40(37,38)26-17-11-21(2)12-18-26/h7-18,22-23H,6,19-20H2,1-5H3,(H,32,36)/t22-,23+/m0/s1. The van der Waals surface area contributed by atoms with Crippen LogP contribution in [0.15, 0.2) is 77.7 Å². The summed E-state index contributed by atoms with van der Waals surface area (Å²) in [6.45, 7) is 6.49. The Morgan fingerprint density at radius 1 is 0.975 bits per heavy atom. The number of rotatable bonds is 12. The minimum absolute atomic E-state index is 0.0214. The van der Waals surface area contributed by atoms with Crippen molar-refractivity contribution in [1.82, 2.24) is 10.2 Å². The zero-order valence-corrected chi connectivity index (χ0v) is 24.2. The summed E-state index contributed by atoms with van der Waals surface area (Å²) in [5.41, 5.74) is 1.29. The van der Waals surface area contributed by atoms with Gasteiger partial charge in [-0.2, -0.15) is 0 Å². The highest BCUT2D eigenvalue weighted by Crippen LogP contribution is 2.27. The Balaban J connectivity index is 2.03. The molecule has 0 radical (unpaired) electrons. The molecule has 0 saturated carbocycles. The fourth-order valence-electron chi connectivity index (χ4n) is 3.98. The number of carbonyl (C=O) groups is 2. The van der Waals surface area contributed by atoms with Gasteiger partial charge in [0.2, 0.25) is 11.8 Å². The highest BCUT2D eigenvalue weighted by Gasteiger charge is 2.33. The predicted octanol–water partition coefficient (Wildman–Crippen LogP) is 4.67. The van der Waals surface area contributed by atoms with Crippen LogP contribution >= 0.6 is 0 Å². The van der Waals surface area contributed by atoms with E-state index < -0.39 is 34.3 Å². The van der Waals surface area contributed by atoms with E-state index >= 15 is 0 Å². The maximum Gasteiger partial charge on any atom is 0.264 e. The molecular formula is C30H36FN3O5S. The fraction of sp³-hybridized carbons (Fsp3) is 0.333. The molecule has 2 amide bonds. The van der Waals surface area contributed by atoms with Gasteiger partial charge in [0.25, 0.3) is 10.0 Å². The van der Waals surface area contributed by atoms with Crippen LogP contribution in [0, 0.1) is 12.7 Å².